The fourth-order valence-electron chi connectivity index (χ4n) is 3.59. The van der Waals surface area contributed by atoms with Gasteiger partial charge in [0.25, 0.3) is 0 Å². The van der Waals surface area contributed by atoms with Crippen molar-refractivity contribution in [3.8, 4) is 0 Å². The molecule has 3 rings (SSSR count). The highest BCUT2D eigenvalue weighted by Crippen LogP contribution is 2.48. The summed E-state index contributed by atoms with van der Waals surface area (Å²) in [6.45, 7) is 1.54. The third kappa shape index (κ3) is 2.42. The van der Waals surface area contributed by atoms with Crippen LogP contribution in [0.15, 0.2) is 24.3 Å². The van der Waals surface area contributed by atoms with Crippen molar-refractivity contribution >= 4 is 17.4 Å². The van der Waals surface area contributed by atoms with Crippen molar-refractivity contribution in [2.24, 2.45) is 17.8 Å². The lowest BCUT2D eigenvalue weighted by Gasteiger charge is -2.20. The molecular formula is C16H19NO2. The molecule has 1 aromatic carbocycles. The molecule has 2 aliphatic carbocycles. The van der Waals surface area contributed by atoms with Crippen LogP contribution in [0.3, 0.4) is 0 Å². The van der Waals surface area contributed by atoms with Crippen LogP contribution in [-0.2, 0) is 4.79 Å². The second-order valence-electron chi connectivity index (χ2n) is 5.90. The standard InChI is InChI=1S/C16H19NO2/c1-10(18)12-4-6-14(7-5-12)17-16(19)15-9-11-2-3-13(15)8-11/h4-7,11,13,15H,2-3,8-9H2,1H3,(H,17,19)/t11-,13-,15-/m1/s1. The molecular weight excluding hydrogens is 238 g/mol. The third-order valence-corrected chi connectivity index (χ3v) is 4.63. The molecule has 2 bridgehead atoms. The molecule has 0 heterocycles. The summed E-state index contributed by atoms with van der Waals surface area (Å²) in [7, 11) is 0. The maximum atomic E-state index is 12.2. The Balaban J connectivity index is 1.64. The molecule has 19 heavy (non-hydrogen) atoms. The molecule has 0 radical (unpaired) electrons. The van der Waals surface area contributed by atoms with Gasteiger partial charge in [-0.25, -0.2) is 0 Å². The number of carbonyl (C=O) groups excluding carboxylic acids is 2. The summed E-state index contributed by atoms with van der Waals surface area (Å²) in [6, 6.07) is 7.14. The lowest BCUT2D eigenvalue weighted by molar-refractivity contribution is -0.121. The second-order valence-corrected chi connectivity index (χ2v) is 5.90. The minimum absolute atomic E-state index is 0.0472. The van der Waals surface area contributed by atoms with Crippen LogP contribution < -0.4 is 5.32 Å². The average Bonchev–Trinajstić information content (AvgIpc) is 3.01. The molecule has 0 saturated heterocycles. The molecule has 100 valence electrons. The van der Waals surface area contributed by atoms with Crippen molar-refractivity contribution in [3.05, 3.63) is 29.8 Å². The molecule has 3 atom stereocenters. The molecule has 0 unspecified atom stereocenters. The number of carbonyl (C=O) groups is 2. The van der Waals surface area contributed by atoms with Crippen molar-refractivity contribution in [2.45, 2.75) is 32.6 Å². The zero-order valence-corrected chi connectivity index (χ0v) is 11.2. The zero-order valence-electron chi connectivity index (χ0n) is 11.2. The predicted octanol–water partition coefficient (Wildman–Crippen LogP) is 3.26. The summed E-state index contributed by atoms with van der Waals surface area (Å²) >= 11 is 0. The molecule has 2 saturated carbocycles. The quantitative estimate of drug-likeness (QED) is 0.845. The first-order valence-electron chi connectivity index (χ1n) is 7.05. The fraction of sp³-hybridized carbons (Fsp3) is 0.500. The topological polar surface area (TPSA) is 46.2 Å². The van der Waals surface area contributed by atoms with Crippen LogP contribution >= 0.6 is 0 Å². The molecule has 2 aliphatic rings. The molecule has 0 aliphatic heterocycles. The maximum absolute atomic E-state index is 12.2. The number of amides is 1. The van der Waals surface area contributed by atoms with Gasteiger partial charge in [-0.05, 0) is 62.3 Å². The van der Waals surface area contributed by atoms with Crippen LogP contribution in [0.4, 0.5) is 5.69 Å². The highest BCUT2D eigenvalue weighted by atomic mass is 16.2. The third-order valence-electron chi connectivity index (χ3n) is 4.63. The first-order valence-corrected chi connectivity index (χ1v) is 7.05. The van der Waals surface area contributed by atoms with E-state index in [2.05, 4.69) is 5.32 Å². The number of ketones is 1. The van der Waals surface area contributed by atoms with Gasteiger partial charge in [-0.2, -0.15) is 0 Å². The van der Waals surface area contributed by atoms with E-state index in [1.807, 2.05) is 12.1 Å². The number of hydrogen-bond acceptors (Lipinski definition) is 2. The van der Waals surface area contributed by atoms with E-state index in [0.717, 1.165) is 18.0 Å². The Morgan fingerprint density at radius 3 is 2.37 bits per heavy atom. The highest BCUT2D eigenvalue weighted by Gasteiger charge is 2.42. The summed E-state index contributed by atoms with van der Waals surface area (Å²) in [5.74, 6) is 1.78. The second kappa shape index (κ2) is 4.80. The number of fused-ring (bicyclic) bond motifs is 2. The molecule has 1 N–H and O–H groups in total. The van der Waals surface area contributed by atoms with Gasteiger partial charge in [0.15, 0.2) is 5.78 Å². The van der Waals surface area contributed by atoms with Crippen LogP contribution in [0.1, 0.15) is 43.0 Å². The summed E-state index contributed by atoms with van der Waals surface area (Å²) in [4.78, 5) is 23.4. The first kappa shape index (κ1) is 12.4. The molecule has 1 amide bonds. The van der Waals surface area contributed by atoms with E-state index in [0.29, 0.717) is 11.5 Å². The smallest absolute Gasteiger partial charge is 0.227 e. The van der Waals surface area contributed by atoms with Gasteiger partial charge in [0, 0.05) is 17.2 Å². The average molecular weight is 257 g/mol. The Morgan fingerprint density at radius 2 is 1.84 bits per heavy atom. The lowest BCUT2D eigenvalue weighted by atomic mass is 9.88. The van der Waals surface area contributed by atoms with Gasteiger partial charge in [0.1, 0.15) is 0 Å². The van der Waals surface area contributed by atoms with Gasteiger partial charge >= 0.3 is 0 Å². The van der Waals surface area contributed by atoms with Gasteiger partial charge in [0.05, 0.1) is 0 Å². The molecule has 0 spiro atoms. The van der Waals surface area contributed by atoms with Crippen LogP contribution in [0, 0.1) is 17.8 Å². The fourth-order valence-corrected chi connectivity index (χ4v) is 3.59. The summed E-state index contributed by atoms with van der Waals surface area (Å²) in [6.07, 6.45) is 4.82. The number of nitrogens with one attached hydrogen (secondary N) is 1. The van der Waals surface area contributed by atoms with Crippen molar-refractivity contribution in [1.29, 1.82) is 0 Å². The maximum Gasteiger partial charge on any atom is 0.227 e. The number of benzene rings is 1. The van der Waals surface area contributed by atoms with Gasteiger partial charge in [0.2, 0.25) is 5.91 Å². The first-order chi connectivity index (χ1) is 9.13. The van der Waals surface area contributed by atoms with Crippen molar-refractivity contribution in [1.82, 2.24) is 0 Å². The van der Waals surface area contributed by atoms with E-state index >= 15 is 0 Å². The number of Topliss-reactive ketones (excluding diaryl/α,β-unsaturated/α-hetero) is 1. The van der Waals surface area contributed by atoms with Crippen molar-refractivity contribution in [2.75, 3.05) is 5.32 Å². The largest absolute Gasteiger partial charge is 0.326 e. The monoisotopic (exact) mass is 257 g/mol. The Morgan fingerprint density at radius 1 is 1.11 bits per heavy atom. The molecule has 2 fully saturated rings. The van der Waals surface area contributed by atoms with E-state index in [1.54, 1.807) is 19.1 Å². The van der Waals surface area contributed by atoms with Gasteiger partial charge < -0.3 is 5.32 Å². The molecule has 3 heteroatoms. The Bertz CT molecular complexity index is 506. The minimum atomic E-state index is 0.0472. The van der Waals surface area contributed by atoms with Crippen LogP contribution in [0.5, 0.6) is 0 Å². The van der Waals surface area contributed by atoms with Crippen LogP contribution in [-0.4, -0.2) is 11.7 Å². The zero-order chi connectivity index (χ0) is 13.4. The summed E-state index contributed by atoms with van der Waals surface area (Å²) in [5, 5.41) is 2.98. The number of hydrogen-bond donors (Lipinski definition) is 1. The predicted molar refractivity (Wildman–Crippen MR) is 74.0 cm³/mol. The number of anilines is 1. The molecule has 0 aromatic heterocycles. The van der Waals surface area contributed by atoms with E-state index in [1.165, 1.54) is 19.3 Å². The highest BCUT2D eigenvalue weighted by molar-refractivity contribution is 5.96. The Kier molecular flexibility index (Phi) is 3.13. The Hall–Kier alpha value is -1.64. The van der Waals surface area contributed by atoms with Gasteiger partial charge in [-0.1, -0.05) is 6.42 Å². The van der Waals surface area contributed by atoms with Crippen LogP contribution in [0.25, 0.3) is 0 Å². The SMILES string of the molecule is CC(=O)c1ccc(NC(=O)[C@@H]2C[C@@H]3CC[C@@H]2C3)cc1. The van der Waals surface area contributed by atoms with E-state index in [4.69, 9.17) is 0 Å². The van der Waals surface area contributed by atoms with E-state index < -0.39 is 0 Å². The van der Waals surface area contributed by atoms with Crippen molar-refractivity contribution < 1.29 is 9.59 Å². The minimum Gasteiger partial charge on any atom is -0.326 e. The summed E-state index contributed by atoms with van der Waals surface area (Å²) < 4.78 is 0. The van der Waals surface area contributed by atoms with E-state index in [-0.39, 0.29) is 17.6 Å². The molecule has 1 aromatic rings. The normalized spacial score (nSPS) is 28.4. The van der Waals surface area contributed by atoms with Crippen molar-refractivity contribution in [3.63, 3.8) is 0 Å². The number of rotatable bonds is 3. The summed E-state index contributed by atoms with van der Waals surface area (Å²) in [5.41, 5.74) is 1.47. The van der Waals surface area contributed by atoms with Gasteiger partial charge in [-0.3, -0.25) is 9.59 Å². The van der Waals surface area contributed by atoms with Gasteiger partial charge in [-0.15, -0.1) is 0 Å². The Labute approximate surface area is 113 Å². The molecule has 3 nitrogen and oxygen atoms in total. The lowest BCUT2D eigenvalue weighted by Crippen LogP contribution is -2.27. The van der Waals surface area contributed by atoms with Crippen LogP contribution in [0.2, 0.25) is 0 Å². The van der Waals surface area contributed by atoms with E-state index in [9.17, 15) is 9.59 Å².